The number of Topliss-reactive ketones (excluding diaryl/α,β-unsaturated/α-hetero) is 1. The first kappa shape index (κ1) is 20.9. The van der Waals surface area contributed by atoms with Gasteiger partial charge in [0.15, 0.2) is 9.84 Å². The second-order valence-corrected chi connectivity index (χ2v) is 10.4. The van der Waals surface area contributed by atoms with Gasteiger partial charge in [0.05, 0.1) is 23.1 Å². The van der Waals surface area contributed by atoms with Crippen LogP contribution in [0.15, 0.2) is 54.1 Å². The topological polar surface area (TPSA) is 91.8 Å². The summed E-state index contributed by atoms with van der Waals surface area (Å²) in [6.45, 7) is 0. The van der Waals surface area contributed by atoms with Crippen LogP contribution < -0.4 is 0 Å². The molecule has 0 unspecified atom stereocenters. The van der Waals surface area contributed by atoms with Gasteiger partial charge < -0.3 is 10.0 Å². The van der Waals surface area contributed by atoms with Crippen LogP contribution >= 0.6 is 23.2 Å². The summed E-state index contributed by atoms with van der Waals surface area (Å²) in [6.07, 6.45) is 0.237. The van der Waals surface area contributed by atoms with E-state index in [1.165, 1.54) is 4.90 Å². The number of halogens is 2. The zero-order valence-electron chi connectivity index (χ0n) is 15.6. The molecule has 6 nitrogen and oxygen atoms in total. The molecule has 2 aromatic rings. The van der Waals surface area contributed by atoms with Crippen molar-refractivity contribution in [2.45, 2.75) is 18.5 Å². The molecule has 2 aromatic carbocycles. The Kier molecular flexibility index (Phi) is 5.38. The maximum absolute atomic E-state index is 13.0. The molecule has 2 fully saturated rings. The summed E-state index contributed by atoms with van der Waals surface area (Å²) in [5, 5.41) is 11.9. The Morgan fingerprint density at radius 1 is 0.967 bits per heavy atom. The number of benzene rings is 2. The molecular formula is C21H17Cl2NO5S. The van der Waals surface area contributed by atoms with E-state index in [2.05, 4.69) is 0 Å². The van der Waals surface area contributed by atoms with Crippen molar-refractivity contribution in [3.8, 4) is 0 Å². The van der Waals surface area contributed by atoms with Crippen LogP contribution in [-0.2, 0) is 19.4 Å². The molecule has 0 radical (unpaired) electrons. The van der Waals surface area contributed by atoms with Gasteiger partial charge in [0, 0.05) is 21.7 Å². The zero-order valence-corrected chi connectivity index (χ0v) is 17.9. The van der Waals surface area contributed by atoms with Gasteiger partial charge in [-0.3, -0.25) is 9.59 Å². The van der Waals surface area contributed by atoms with Gasteiger partial charge in [0.25, 0.3) is 11.7 Å². The first-order valence-electron chi connectivity index (χ1n) is 9.20. The van der Waals surface area contributed by atoms with Crippen molar-refractivity contribution in [2.24, 2.45) is 0 Å². The van der Waals surface area contributed by atoms with Crippen LogP contribution in [0.1, 0.15) is 23.6 Å². The molecule has 2 heterocycles. The van der Waals surface area contributed by atoms with Crippen molar-refractivity contribution in [3.05, 3.63) is 75.3 Å². The normalized spacial score (nSPS) is 25.1. The first-order valence-corrected chi connectivity index (χ1v) is 11.8. The van der Waals surface area contributed by atoms with E-state index >= 15 is 0 Å². The van der Waals surface area contributed by atoms with Gasteiger partial charge in [0.1, 0.15) is 5.76 Å². The average Bonchev–Trinajstić information content (AvgIpc) is 3.19. The molecule has 2 aliphatic heterocycles. The van der Waals surface area contributed by atoms with E-state index in [-0.39, 0.29) is 29.3 Å². The average molecular weight is 466 g/mol. The van der Waals surface area contributed by atoms with Crippen molar-refractivity contribution in [2.75, 3.05) is 11.5 Å². The van der Waals surface area contributed by atoms with Crippen LogP contribution in [0.2, 0.25) is 10.0 Å². The molecule has 0 aliphatic carbocycles. The fraction of sp³-hybridized carbons (Fsp3) is 0.238. The molecule has 2 atom stereocenters. The first-order chi connectivity index (χ1) is 14.2. The number of hydrogen-bond donors (Lipinski definition) is 1. The number of amides is 1. The quantitative estimate of drug-likeness (QED) is 0.424. The van der Waals surface area contributed by atoms with E-state index in [4.69, 9.17) is 23.2 Å². The second kappa shape index (κ2) is 7.72. The van der Waals surface area contributed by atoms with Crippen LogP contribution in [0.5, 0.6) is 0 Å². The van der Waals surface area contributed by atoms with Gasteiger partial charge in [-0.25, -0.2) is 8.42 Å². The monoisotopic (exact) mass is 465 g/mol. The molecule has 0 spiro atoms. The Bertz CT molecular complexity index is 1160. The summed E-state index contributed by atoms with van der Waals surface area (Å²) < 4.78 is 24.1. The second-order valence-electron chi connectivity index (χ2n) is 7.32. The van der Waals surface area contributed by atoms with Crippen molar-refractivity contribution in [3.63, 3.8) is 0 Å². The van der Waals surface area contributed by atoms with Crippen LogP contribution in [0.25, 0.3) is 5.76 Å². The standard InChI is InChI=1S/C21H17Cl2NO5S/c22-14-5-1-12(2-6-14)18-17(19(25)13-3-7-15(23)8-4-13)20(26)21(27)24(18)16-9-10-30(28,29)11-16/h1-8,16,18,25H,9-11H2/t16-,18+/m0/s1. The Morgan fingerprint density at radius 2 is 1.53 bits per heavy atom. The highest BCUT2D eigenvalue weighted by Gasteiger charge is 2.50. The smallest absolute Gasteiger partial charge is 0.295 e. The van der Waals surface area contributed by atoms with Crippen molar-refractivity contribution in [1.82, 2.24) is 4.90 Å². The van der Waals surface area contributed by atoms with Gasteiger partial charge >= 0.3 is 0 Å². The Morgan fingerprint density at radius 3 is 2.07 bits per heavy atom. The van der Waals surface area contributed by atoms with Gasteiger partial charge in [-0.1, -0.05) is 35.3 Å². The van der Waals surface area contributed by atoms with Crippen molar-refractivity contribution in [1.29, 1.82) is 0 Å². The Balaban J connectivity index is 1.88. The van der Waals surface area contributed by atoms with Crippen LogP contribution in [0.3, 0.4) is 0 Å². The van der Waals surface area contributed by atoms with E-state index < -0.39 is 33.6 Å². The highest BCUT2D eigenvalue weighted by molar-refractivity contribution is 7.91. The molecule has 30 heavy (non-hydrogen) atoms. The number of hydrogen-bond acceptors (Lipinski definition) is 5. The SMILES string of the molecule is O=C1C(=O)N([C@H]2CCS(=O)(=O)C2)[C@H](c2ccc(Cl)cc2)C1=C(O)c1ccc(Cl)cc1. The maximum atomic E-state index is 13.0. The summed E-state index contributed by atoms with van der Waals surface area (Å²) in [6, 6.07) is 11.2. The highest BCUT2D eigenvalue weighted by atomic mass is 35.5. The molecule has 2 aliphatic rings. The number of aliphatic hydroxyl groups is 1. The molecule has 0 bridgehead atoms. The van der Waals surface area contributed by atoms with Gasteiger partial charge in [-0.15, -0.1) is 0 Å². The lowest BCUT2D eigenvalue weighted by atomic mass is 9.95. The van der Waals surface area contributed by atoms with Crippen LogP contribution in [-0.4, -0.2) is 47.7 Å². The molecule has 1 N–H and O–H groups in total. The molecular weight excluding hydrogens is 449 g/mol. The Hall–Kier alpha value is -2.35. The van der Waals surface area contributed by atoms with E-state index in [1.807, 2.05) is 0 Å². The van der Waals surface area contributed by atoms with E-state index in [0.717, 1.165) is 0 Å². The maximum Gasteiger partial charge on any atom is 0.295 e. The predicted octanol–water partition coefficient (Wildman–Crippen LogP) is 3.60. The number of nitrogens with zero attached hydrogens (tertiary/aromatic N) is 1. The summed E-state index contributed by atoms with van der Waals surface area (Å²) in [7, 11) is -3.30. The largest absolute Gasteiger partial charge is 0.507 e. The molecule has 156 valence electrons. The predicted molar refractivity (Wildman–Crippen MR) is 114 cm³/mol. The summed E-state index contributed by atoms with van der Waals surface area (Å²) in [5.41, 5.74) is 0.794. The van der Waals surface area contributed by atoms with E-state index in [9.17, 15) is 23.1 Å². The highest BCUT2D eigenvalue weighted by Crippen LogP contribution is 2.42. The van der Waals surface area contributed by atoms with E-state index in [0.29, 0.717) is 21.2 Å². The molecule has 1 amide bonds. The Labute approximate surface area is 183 Å². The minimum absolute atomic E-state index is 0.0504. The molecule has 4 rings (SSSR count). The van der Waals surface area contributed by atoms with Gasteiger partial charge in [-0.05, 0) is 48.4 Å². The van der Waals surface area contributed by atoms with Crippen molar-refractivity contribution < 1.29 is 23.1 Å². The third kappa shape index (κ3) is 3.73. The number of carbonyl (C=O) groups excluding carboxylic acids is 2. The minimum atomic E-state index is -3.30. The summed E-state index contributed by atoms with van der Waals surface area (Å²) >= 11 is 11.9. The third-order valence-electron chi connectivity index (χ3n) is 5.39. The van der Waals surface area contributed by atoms with Gasteiger partial charge in [-0.2, -0.15) is 0 Å². The van der Waals surface area contributed by atoms with E-state index in [1.54, 1.807) is 48.5 Å². The number of aliphatic hydroxyl groups excluding tert-OH is 1. The van der Waals surface area contributed by atoms with Crippen molar-refractivity contribution >= 4 is 50.5 Å². The molecule has 9 heteroatoms. The number of likely N-dealkylation sites (tertiary alicyclic amines) is 1. The molecule has 2 saturated heterocycles. The summed E-state index contributed by atoms with van der Waals surface area (Å²) in [4.78, 5) is 27.2. The fourth-order valence-corrected chi connectivity index (χ4v) is 5.92. The minimum Gasteiger partial charge on any atom is -0.507 e. The third-order valence-corrected chi connectivity index (χ3v) is 7.64. The fourth-order valence-electron chi connectivity index (χ4n) is 3.96. The lowest BCUT2D eigenvalue weighted by Gasteiger charge is -2.30. The number of rotatable bonds is 3. The molecule has 0 saturated carbocycles. The number of ketones is 1. The molecule has 0 aromatic heterocycles. The lowest BCUT2D eigenvalue weighted by Crippen LogP contribution is -2.40. The number of sulfone groups is 1. The van der Waals surface area contributed by atoms with Crippen LogP contribution in [0.4, 0.5) is 0 Å². The zero-order chi connectivity index (χ0) is 21.6. The van der Waals surface area contributed by atoms with Crippen LogP contribution in [0, 0.1) is 0 Å². The summed E-state index contributed by atoms with van der Waals surface area (Å²) in [5.74, 6) is -2.29. The van der Waals surface area contributed by atoms with Gasteiger partial charge in [0.2, 0.25) is 0 Å². The lowest BCUT2D eigenvalue weighted by molar-refractivity contribution is -0.141. The number of carbonyl (C=O) groups is 2.